The first-order chi connectivity index (χ1) is 18.7. The van der Waals surface area contributed by atoms with E-state index in [1.54, 1.807) is 45.3 Å². The van der Waals surface area contributed by atoms with Gasteiger partial charge in [-0.05, 0) is 78.1 Å². The van der Waals surface area contributed by atoms with Crippen molar-refractivity contribution in [3.05, 3.63) is 94.3 Å². The van der Waals surface area contributed by atoms with E-state index < -0.39 is 0 Å². The van der Waals surface area contributed by atoms with Gasteiger partial charge in [-0.25, -0.2) is 0 Å². The third kappa shape index (κ3) is 3.03. The van der Waals surface area contributed by atoms with Crippen LogP contribution in [0.25, 0.3) is 74.1 Å². The van der Waals surface area contributed by atoms with Gasteiger partial charge in [-0.1, -0.05) is 48.5 Å². The summed E-state index contributed by atoms with van der Waals surface area (Å²) in [6.07, 6.45) is 0. The highest BCUT2D eigenvalue weighted by Gasteiger charge is 2.27. The number of aromatic hydroxyl groups is 2. The van der Waals surface area contributed by atoms with Gasteiger partial charge in [0.2, 0.25) is 0 Å². The Bertz CT molecular complexity index is 1770. The predicted molar refractivity (Wildman–Crippen MR) is 167 cm³/mol. The SMILES string of the molecule is Oc1c(-c2cccs2)c2ccc3c(-c4cccs4)c(O)c(-c4cccs4)c4ccc(c1-c1cccs1)c2c34. The summed E-state index contributed by atoms with van der Waals surface area (Å²) < 4.78 is 0. The van der Waals surface area contributed by atoms with Crippen LogP contribution in [0.1, 0.15) is 0 Å². The number of rotatable bonds is 4. The van der Waals surface area contributed by atoms with Crippen molar-refractivity contribution in [2.45, 2.75) is 0 Å². The molecule has 0 fully saturated rings. The number of phenolic OH excluding ortho intramolecular Hbond substituents is 2. The molecule has 0 radical (unpaired) electrons. The fraction of sp³-hybridized carbons (Fsp3) is 0. The van der Waals surface area contributed by atoms with E-state index in [1.807, 2.05) is 24.3 Å². The van der Waals surface area contributed by atoms with Crippen LogP contribution < -0.4 is 0 Å². The van der Waals surface area contributed by atoms with E-state index in [0.29, 0.717) is 11.5 Å². The molecule has 0 saturated heterocycles. The van der Waals surface area contributed by atoms with Crippen LogP contribution in [-0.2, 0) is 0 Å². The molecule has 0 aliphatic carbocycles. The summed E-state index contributed by atoms with van der Waals surface area (Å²) in [4.78, 5) is 4.16. The smallest absolute Gasteiger partial charge is 0.134 e. The standard InChI is InChI=1S/C32H18O2S4/c33-31-27(21-5-1-13-35-21)17-9-10-19-26-20(12-11-18(25(17)26)28(31)22-6-2-14-36-22)30(24-8-4-16-38-24)32(34)29(19)23-7-3-15-37-23/h1-16,33-34H. The van der Waals surface area contributed by atoms with Crippen LogP contribution in [0.2, 0.25) is 0 Å². The largest absolute Gasteiger partial charge is 0.507 e. The Kier molecular flexibility index (Phi) is 4.94. The van der Waals surface area contributed by atoms with E-state index in [0.717, 1.165) is 74.1 Å². The van der Waals surface area contributed by atoms with Gasteiger partial charge in [0, 0.05) is 41.8 Å². The zero-order valence-corrected chi connectivity index (χ0v) is 23.0. The summed E-state index contributed by atoms with van der Waals surface area (Å²) in [6.45, 7) is 0. The average molecular weight is 563 g/mol. The monoisotopic (exact) mass is 562 g/mol. The van der Waals surface area contributed by atoms with Gasteiger partial charge in [0.1, 0.15) is 11.5 Å². The van der Waals surface area contributed by atoms with Crippen LogP contribution in [0.4, 0.5) is 0 Å². The Balaban J connectivity index is 1.66. The molecule has 182 valence electrons. The molecule has 4 heterocycles. The van der Waals surface area contributed by atoms with Gasteiger partial charge in [0.05, 0.1) is 0 Å². The molecule has 4 aromatic heterocycles. The minimum absolute atomic E-state index is 0.320. The molecule has 0 aliphatic heterocycles. The van der Waals surface area contributed by atoms with E-state index >= 15 is 0 Å². The van der Waals surface area contributed by atoms with Crippen molar-refractivity contribution in [1.29, 1.82) is 0 Å². The first-order valence-electron chi connectivity index (χ1n) is 12.1. The lowest BCUT2D eigenvalue weighted by Crippen LogP contribution is -1.94. The van der Waals surface area contributed by atoms with Crippen molar-refractivity contribution >= 4 is 77.7 Å². The molecule has 8 rings (SSSR count). The Morgan fingerprint density at radius 3 is 0.842 bits per heavy atom. The lowest BCUT2D eigenvalue weighted by Gasteiger charge is -2.22. The molecule has 0 bridgehead atoms. The average Bonchev–Trinajstić information content (AvgIpc) is 3.75. The highest BCUT2D eigenvalue weighted by atomic mass is 32.1. The molecule has 0 aliphatic rings. The van der Waals surface area contributed by atoms with Crippen molar-refractivity contribution in [3.63, 3.8) is 0 Å². The molecule has 6 heteroatoms. The van der Waals surface area contributed by atoms with Crippen LogP contribution in [-0.4, -0.2) is 10.2 Å². The summed E-state index contributed by atoms with van der Waals surface area (Å²) in [5.41, 5.74) is 3.48. The predicted octanol–water partition coefficient (Wildman–Crippen LogP) is 10.9. The highest BCUT2D eigenvalue weighted by Crippen LogP contribution is 2.56. The third-order valence-electron chi connectivity index (χ3n) is 7.26. The topological polar surface area (TPSA) is 40.5 Å². The van der Waals surface area contributed by atoms with Gasteiger partial charge in [-0.15, -0.1) is 45.3 Å². The number of hydrogen-bond donors (Lipinski definition) is 2. The van der Waals surface area contributed by atoms with Gasteiger partial charge in [-0.2, -0.15) is 0 Å². The molecule has 0 atom stereocenters. The van der Waals surface area contributed by atoms with Crippen LogP contribution in [0.3, 0.4) is 0 Å². The maximum absolute atomic E-state index is 11.8. The Morgan fingerprint density at radius 2 is 0.632 bits per heavy atom. The van der Waals surface area contributed by atoms with Crippen molar-refractivity contribution in [1.82, 2.24) is 0 Å². The fourth-order valence-electron chi connectivity index (χ4n) is 5.77. The maximum atomic E-state index is 11.8. The molecule has 4 aromatic carbocycles. The summed E-state index contributed by atoms with van der Waals surface area (Å²) in [7, 11) is 0. The summed E-state index contributed by atoms with van der Waals surface area (Å²) in [5, 5.41) is 38.2. The second kappa shape index (κ2) is 8.41. The number of phenols is 2. The van der Waals surface area contributed by atoms with Crippen molar-refractivity contribution in [2.24, 2.45) is 0 Å². The minimum Gasteiger partial charge on any atom is -0.507 e. The first-order valence-corrected chi connectivity index (χ1v) is 15.6. The molecular weight excluding hydrogens is 545 g/mol. The fourth-order valence-corrected chi connectivity index (χ4v) is 8.91. The normalized spacial score (nSPS) is 11.9. The quantitative estimate of drug-likeness (QED) is 0.209. The second-order valence-corrected chi connectivity index (χ2v) is 13.0. The second-order valence-electron chi connectivity index (χ2n) is 9.18. The summed E-state index contributed by atoms with van der Waals surface area (Å²) in [6, 6.07) is 24.9. The van der Waals surface area contributed by atoms with Crippen LogP contribution in [0.15, 0.2) is 94.3 Å². The maximum Gasteiger partial charge on any atom is 0.134 e. The van der Waals surface area contributed by atoms with Crippen LogP contribution in [0, 0.1) is 0 Å². The molecule has 0 amide bonds. The molecule has 38 heavy (non-hydrogen) atoms. The summed E-state index contributed by atoms with van der Waals surface area (Å²) >= 11 is 6.55. The minimum atomic E-state index is 0.320. The van der Waals surface area contributed by atoms with Gasteiger partial charge in [0.15, 0.2) is 0 Å². The molecule has 2 nitrogen and oxygen atoms in total. The molecule has 0 unspecified atom stereocenters. The van der Waals surface area contributed by atoms with Crippen LogP contribution >= 0.6 is 45.3 Å². The Labute approximate surface area is 234 Å². The molecular formula is C32H18O2S4. The lowest BCUT2D eigenvalue weighted by molar-refractivity contribution is 0.480. The number of benzene rings is 4. The van der Waals surface area contributed by atoms with Crippen molar-refractivity contribution < 1.29 is 10.2 Å². The van der Waals surface area contributed by atoms with E-state index in [-0.39, 0.29) is 0 Å². The zero-order chi connectivity index (χ0) is 25.4. The van der Waals surface area contributed by atoms with E-state index in [4.69, 9.17) is 0 Å². The van der Waals surface area contributed by atoms with E-state index in [2.05, 4.69) is 70.1 Å². The first kappa shape index (κ1) is 22.3. The molecule has 2 N–H and O–H groups in total. The van der Waals surface area contributed by atoms with Gasteiger partial charge < -0.3 is 10.2 Å². The van der Waals surface area contributed by atoms with Gasteiger partial charge >= 0.3 is 0 Å². The molecule has 8 aromatic rings. The zero-order valence-electron chi connectivity index (χ0n) is 19.8. The van der Waals surface area contributed by atoms with Gasteiger partial charge in [0.25, 0.3) is 0 Å². The number of thiophene rings is 4. The Hall–Kier alpha value is -3.68. The Morgan fingerprint density at radius 1 is 0.368 bits per heavy atom. The highest BCUT2D eigenvalue weighted by molar-refractivity contribution is 7.15. The molecule has 0 spiro atoms. The third-order valence-corrected chi connectivity index (χ3v) is 10.8. The van der Waals surface area contributed by atoms with Crippen LogP contribution in [0.5, 0.6) is 11.5 Å². The number of hydrogen-bond acceptors (Lipinski definition) is 6. The molecule has 0 saturated carbocycles. The van der Waals surface area contributed by atoms with E-state index in [1.165, 1.54) is 0 Å². The lowest BCUT2D eigenvalue weighted by atomic mass is 9.84. The van der Waals surface area contributed by atoms with E-state index in [9.17, 15) is 10.2 Å². The summed E-state index contributed by atoms with van der Waals surface area (Å²) in [5.74, 6) is 0.640. The van der Waals surface area contributed by atoms with Crippen molar-refractivity contribution in [3.8, 4) is 53.3 Å². The van der Waals surface area contributed by atoms with Gasteiger partial charge in [-0.3, -0.25) is 0 Å². The van der Waals surface area contributed by atoms with Crippen molar-refractivity contribution in [2.75, 3.05) is 0 Å².